The van der Waals surface area contributed by atoms with E-state index in [1.807, 2.05) is 34.7 Å². The lowest BCUT2D eigenvalue weighted by atomic mass is 9.96. The molecule has 4 heterocycles. The topological polar surface area (TPSA) is 79.8 Å². The molecule has 2 aromatic heterocycles. The highest BCUT2D eigenvalue weighted by atomic mass is 16.2. The van der Waals surface area contributed by atoms with E-state index >= 15 is 0 Å². The summed E-state index contributed by atoms with van der Waals surface area (Å²) < 4.78 is 1.86. The fourth-order valence-corrected chi connectivity index (χ4v) is 5.10. The number of aromatic nitrogens is 3. The van der Waals surface area contributed by atoms with Crippen LogP contribution in [0.1, 0.15) is 64.5 Å². The maximum Gasteiger partial charge on any atom is 0.254 e. The molecule has 2 N–H and O–H groups in total. The number of hydrogen-bond acceptors (Lipinski definition) is 5. The summed E-state index contributed by atoms with van der Waals surface area (Å²) in [5, 5.41) is 4.86. The van der Waals surface area contributed by atoms with Gasteiger partial charge in [-0.05, 0) is 63.6 Å². The van der Waals surface area contributed by atoms with Gasteiger partial charge >= 0.3 is 0 Å². The molecule has 0 aliphatic carbocycles. The standard InChI is InChI=1S/C25H32N6O/c1-16-7-6-8-20(18(16)3)25(32)30-11-5-4-9-22(30)21-13-23-27-24(17(2)14-31(23)28-21)29-12-10-19(26)15-29/h6-8,13-14,19,22H,4-5,9-12,15,26H2,1-3H3. The number of anilines is 1. The van der Waals surface area contributed by atoms with Crippen LogP contribution in [0.4, 0.5) is 5.82 Å². The van der Waals surface area contributed by atoms with Gasteiger partial charge in [-0.15, -0.1) is 0 Å². The second-order valence-corrected chi connectivity index (χ2v) is 9.37. The molecule has 0 bridgehead atoms. The molecule has 2 fully saturated rings. The molecule has 0 radical (unpaired) electrons. The fourth-order valence-electron chi connectivity index (χ4n) is 5.10. The van der Waals surface area contributed by atoms with Gasteiger partial charge in [-0.1, -0.05) is 12.1 Å². The van der Waals surface area contributed by atoms with Crippen molar-refractivity contribution in [3.8, 4) is 0 Å². The van der Waals surface area contributed by atoms with E-state index in [1.54, 1.807) is 0 Å². The van der Waals surface area contributed by atoms with Crippen LogP contribution in [-0.4, -0.2) is 51.1 Å². The molecule has 168 valence electrons. The van der Waals surface area contributed by atoms with Crippen LogP contribution in [0.2, 0.25) is 0 Å². The second kappa shape index (κ2) is 8.20. The quantitative estimate of drug-likeness (QED) is 0.685. The first-order valence-electron chi connectivity index (χ1n) is 11.7. The largest absolute Gasteiger partial charge is 0.355 e. The summed E-state index contributed by atoms with van der Waals surface area (Å²) in [6, 6.07) is 8.20. The number of fused-ring (bicyclic) bond motifs is 1. The first kappa shape index (κ1) is 20.9. The van der Waals surface area contributed by atoms with E-state index in [1.165, 1.54) is 0 Å². The van der Waals surface area contributed by atoms with Crippen LogP contribution in [0.5, 0.6) is 0 Å². The van der Waals surface area contributed by atoms with Crippen LogP contribution in [0.25, 0.3) is 5.65 Å². The van der Waals surface area contributed by atoms with E-state index in [2.05, 4.69) is 30.9 Å². The predicted octanol–water partition coefficient (Wildman–Crippen LogP) is 3.56. The second-order valence-electron chi connectivity index (χ2n) is 9.37. The van der Waals surface area contributed by atoms with Crippen LogP contribution >= 0.6 is 0 Å². The fraction of sp³-hybridized carbons (Fsp3) is 0.480. The minimum absolute atomic E-state index is 0.0261. The van der Waals surface area contributed by atoms with Gasteiger partial charge in [-0.2, -0.15) is 5.10 Å². The SMILES string of the molecule is Cc1cn2nc(C3CCCCN3C(=O)c3cccc(C)c3C)cc2nc1N1CCC(N)C1. The van der Waals surface area contributed by atoms with E-state index in [0.29, 0.717) is 0 Å². The van der Waals surface area contributed by atoms with Crippen molar-refractivity contribution < 1.29 is 4.79 Å². The summed E-state index contributed by atoms with van der Waals surface area (Å²) in [4.78, 5) is 22.8. The first-order chi connectivity index (χ1) is 15.4. The van der Waals surface area contributed by atoms with Gasteiger partial charge in [0, 0.05) is 49.1 Å². The Hall–Kier alpha value is -2.93. The Kier molecular flexibility index (Phi) is 5.37. The van der Waals surface area contributed by atoms with Gasteiger partial charge in [0.25, 0.3) is 5.91 Å². The van der Waals surface area contributed by atoms with Gasteiger partial charge in [0.15, 0.2) is 5.65 Å². The number of benzene rings is 1. The zero-order valence-corrected chi connectivity index (χ0v) is 19.2. The lowest BCUT2D eigenvalue weighted by Crippen LogP contribution is -2.39. The molecular weight excluding hydrogens is 400 g/mol. The van der Waals surface area contributed by atoms with Crippen molar-refractivity contribution in [2.45, 2.75) is 58.5 Å². The number of amides is 1. The van der Waals surface area contributed by atoms with E-state index in [9.17, 15) is 4.79 Å². The van der Waals surface area contributed by atoms with E-state index in [-0.39, 0.29) is 18.0 Å². The van der Waals surface area contributed by atoms with E-state index in [4.69, 9.17) is 15.8 Å². The van der Waals surface area contributed by atoms with Gasteiger partial charge in [0.05, 0.1) is 11.7 Å². The van der Waals surface area contributed by atoms with E-state index in [0.717, 1.165) is 84.7 Å². The molecule has 5 rings (SSSR count). The van der Waals surface area contributed by atoms with Crippen molar-refractivity contribution in [2.75, 3.05) is 24.5 Å². The number of rotatable bonds is 3. The number of piperidine rings is 1. The number of hydrogen-bond donors (Lipinski definition) is 1. The maximum atomic E-state index is 13.5. The zero-order chi connectivity index (χ0) is 22.4. The first-order valence-corrected chi connectivity index (χ1v) is 11.7. The van der Waals surface area contributed by atoms with Crippen LogP contribution in [0.3, 0.4) is 0 Å². The highest BCUT2D eigenvalue weighted by Gasteiger charge is 2.32. The molecule has 7 heteroatoms. The van der Waals surface area contributed by atoms with Gasteiger partial charge in [0.2, 0.25) is 0 Å². The number of nitrogens with zero attached hydrogens (tertiary/aromatic N) is 5. The Balaban J connectivity index is 1.48. The van der Waals surface area contributed by atoms with Gasteiger partial charge in [-0.25, -0.2) is 9.50 Å². The molecule has 1 aromatic carbocycles. The minimum atomic E-state index is -0.0261. The molecule has 2 saturated heterocycles. The Morgan fingerprint density at radius 2 is 1.94 bits per heavy atom. The lowest BCUT2D eigenvalue weighted by Gasteiger charge is -2.35. The lowest BCUT2D eigenvalue weighted by molar-refractivity contribution is 0.0605. The van der Waals surface area contributed by atoms with Crippen LogP contribution in [-0.2, 0) is 0 Å². The summed E-state index contributed by atoms with van der Waals surface area (Å²) in [7, 11) is 0. The summed E-state index contributed by atoms with van der Waals surface area (Å²) in [5.41, 5.74) is 11.9. The van der Waals surface area contributed by atoms with E-state index < -0.39 is 0 Å². The molecule has 1 amide bonds. The van der Waals surface area contributed by atoms with Gasteiger partial charge in [-0.3, -0.25) is 4.79 Å². The Bertz CT molecular complexity index is 1170. The molecule has 2 atom stereocenters. The third-order valence-electron chi connectivity index (χ3n) is 7.09. The summed E-state index contributed by atoms with van der Waals surface area (Å²) in [6.07, 6.45) is 6.09. The highest BCUT2D eigenvalue weighted by molar-refractivity contribution is 5.96. The molecule has 3 aromatic rings. The smallest absolute Gasteiger partial charge is 0.254 e. The van der Waals surface area contributed by atoms with Crippen molar-refractivity contribution in [1.82, 2.24) is 19.5 Å². The summed E-state index contributed by atoms with van der Waals surface area (Å²) in [6.45, 7) is 8.70. The third-order valence-corrected chi connectivity index (χ3v) is 7.09. The molecule has 2 unspecified atom stereocenters. The highest BCUT2D eigenvalue weighted by Crippen LogP contribution is 2.33. The normalized spacial score (nSPS) is 21.5. The van der Waals surface area contributed by atoms with Gasteiger partial charge < -0.3 is 15.5 Å². The molecule has 0 saturated carbocycles. The van der Waals surface area contributed by atoms with Crippen LogP contribution in [0.15, 0.2) is 30.5 Å². The van der Waals surface area contributed by atoms with Crippen molar-refractivity contribution in [1.29, 1.82) is 0 Å². The Morgan fingerprint density at radius 3 is 2.72 bits per heavy atom. The number of carbonyl (C=O) groups is 1. The predicted molar refractivity (Wildman–Crippen MR) is 126 cm³/mol. The van der Waals surface area contributed by atoms with Crippen LogP contribution < -0.4 is 10.6 Å². The van der Waals surface area contributed by atoms with Crippen molar-refractivity contribution in [3.63, 3.8) is 0 Å². The average Bonchev–Trinajstić information content (AvgIpc) is 3.40. The summed E-state index contributed by atoms with van der Waals surface area (Å²) in [5.74, 6) is 1.09. The van der Waals surface area contributed by atoms with Crippen molar-refractivity contribution >= 4 is 17.4 Å². The number of aryl methyl sites for hydroxylation is 2. The van der Waals surface area contributed by atoms with Crippen molar-refractivity contribution in [3.05, 3.63) is 58.4 Å². The number of likely N-dealkylation sites (tertiary alicyclic amines) is 1. The van der Waals surface area contributed by atoms with Gasteiger partial charge in [0.1, 0.15) is 5.82 Å². The zero-order valence-electron chi connectivity index (χ0n) is 19.2. The Morgan fingerprint density at radius 1 is 1.09 bits per heavy atom. The number of nitrogens with two attached hydrogens (primary N) is 1. The monoisotopic (exact) mass is 432 g/mol. The molecular formula is C25H32N6O. The average molecular weight is 433 g/mol. The third kappa shape index (κ3) is 3.64. The molecule has 32 heavy (non-hydrogen) atoms. The molecule has 2 aliphatic rings. The van der Waals surface area contributed by atoms with Crippen LogP contribution in [0, 0.1) is 20.8 Å². The minimum Gasteiger partial charge on any atom is -0.355 e. The van der Waals surface area contributed by atoms with Crippen molar-refractivity contribution in [2.24, 2.45) is 5.73 Å². The molecule has 2 aliphatic heterocycles. The molecule has 0 spiro atoms. The number of carbonyl (C=O) groups excluding carboxylic acids is 1. The molecule has 7 nitrogen and oxygen atoms in total. The maximum absolute atomic E-state index is 13.5. The Labute approximate surface area is 189 Å². The summed E-state index contributed by atoms with van der Waals surface area (Å²) >= 11 is 0.